The summed E-state index contributed by atoms with van der Waals surface area (Å²) >= 11 is 0. The third-order valence-corrected chi connectivity index (χ3v) is 3.28. The zero-order chi connectivity index (χ0) is 19.0. The monoisotopic (exact) mass is 364 g/mol. The number of amides is 1. The van der Waals surface area contributed by atoms with Gasteiger partial charge in [0.05, 0.1) is 6.54 Å². The summed E-state index contributed by atoms with van der Waals surface area (Å²) in [6.07, 6.45) is -2.96. The molecular formula is C14H19F3N4O4. The minimum Gasteiger partial charge on any atom is -0.475 e. The van der Waals surface area contributed by atoms with Gasteiger partial charge in [-0.3, -0.25) is 9.69 Å². The van der Waals surface area contributed by atoms with Crippen LogP contribution >= 0.6 is 0 Å². The molecule has 0 bridgehead atoms. The van der Waals surface area contributed by atoms with Crippen molar-refractivity contribution in [3.63, 3.8) is 0 Å². The lowest BCUT2D eigenvalue weighted by atomic mass is 10.3. The van der Waals surface area contributed by atoms with E-state index in [4.69, 9.17) is 14.4 Å². The highest BCUT2D eigenvalue weighted by Crippen LogP contribution is 2.13. The third kappa shape index (κ3) is 6.91. The topological polar surface area (TPSA) is 99.8 Å². The van der Waals surface area contributed by atoms with Crippen LogP contribution in [0.5, 0.6) is 0 Å². The Labute approximate surface area is 141 Å². The van der Waals surface area contributed by atoms with Crippen molar-refractivity contribution in [1.82, 2.24) is 19.9 Å². The van der Waals surface area contributed by atoms with Gasteiger partial charge >= 0.3 is 12.1 Å². The molecule has 2 rings (SSSR count). The maximum absolute atomic E-state index is 11.4. The molecule has 1 aromatic rings. The highest BCUT2D eigenvalue weighted by molar-refractivity contribution is 5.87. The fourth-order valence-electron chi connectivity index (χ4n) is 1.95. The van der Waals surface area contributed by atoms with Crippen molar-refractivity contribution in [3.8, 4) is 0 Å². The Morgan fingerprint density at radius 1 is 1.32 bits per heavy atom. The van der Waals surface area contributed by atoms with Gasteiger partial charge in [0.2, 0.25) is 11.8 Å². The van der Waals surface area contributed by atoms with Gasteiger partial charge < -0.3 is 14.5 Å². The van der Waals surface area contributed by atoms with Crippen LogP contribution in [0, 0.1) is 0 Å². The maximum atomic E-state index is 11.4. The fourth-order valence-corrected chi connectivity index (χ4v) is 1.95. The average Bonchev–Trinajstić information content (AvgIpc) is 3.02. The number of piperazine rings is 1. The smallest absolute Gasteiger partial charge is 0.475 e. The number of rotatable bonds is 4. The molecule has 1 aliphatic rings. The number of aromatic nitrogens is 2. The Bertz CT molecular complexity index is 595. The summed E-state index contributed by atoms with van der Waals surface area (Å²) in [7, 11) is 0. The van der Waals surface area contributed by atoms with Crippen molar-refractivity contribution in [3.05, 3.63) is 24.4 Å². The number of aryl methyl sites for hydroxylation is 1. The summed E-state index contributed by atoms with van der Waals surface area (Å²) < 4.78 is 36.8. The van der Waals surface area contributed by atoms with E-state index in [2.05, 4.69) is 21.6 Å². The summed E-state index contributed by atoms with van der Waals surface area (Å²) in [6, 6.07) is 0. The van der Waals surface area contributed by atoms with Crippen molar-refractivity contribution in [2.24, 2.45) is 0 Å². The van der Waals surface area contributed by atoms with Gasteiger partial charge in [0.1, 0.15) is 0 Å². The molecule has 0 atom stereocenters. The molecule has 1 amide bonds. The molecule has 0 unspecified atom stereocenters. The van der Waals surface area contributed by atoms with E-state index in [0.717, 1.165) is 38.4 Å². The SMILES string of the molecule is C=CC(=O)N1CCN(Cc2noc(CC)n2)CC1.O=C(O)C(F)(F)F. The second-order valence-electron chi connectivity index (χ2n) is 5.07. The van der Waals surface area contributed by atoms with E-state index < -0.39 is 12.1 Å². The van der Waals surface area contributed by atoms with E-state index in [1.54, 1.807) is 4.90 Å². The molecule has 0 spiro atoms. The predicted molar refractivity (Wildman–Crippen MR) is 79.4 cm³/mol. The minimum absolute atomic E-state index is 0.00230. The number of carboxylic acid groups (broad SMARTS) is 1. The van der Waals surface area contributed by atoms with Crippen LogP contribution in [-0.2, 0) is 22.6 Å². The fraction of sp³-hybridized carbons (Fsp3) is 0.571. The van der Waals surface area contributed by atoms with Crippen LogP contribution in [0.3, 0.4) is 0 Å². The first-order chi connectivity index (χ1) is 11.7. The third-order valence-electron chi connectivity index (χ3n) is 3.28. The molecule has 1 saturated heterocycles. The van der Waals surface area contributed by atoms with Crippen LogP contribution in [0.15, 0.2) is 17.2 Å². The minimum atomic E-state index is -5.08. The van der Waals surface area contributed by atoms with Gasteiger partial charge in [-0.1, -0.05) is 18.7 Å². The molecule has 1 fully saturated rings. The number of carbonyl (C=O) groups excluding carboxylic acids is 1. The lowest BCUT2D eigenvalue weighted by molar-refractivity contribution is -0.192. The molecule has 0 radical (unpaired) electrons. The van der Waals surface area contributed by atoms with Crippen LogP contribution in [0.2, 0.25) is 0 Å². The molecule has 1 N–H and O–H groups in total. The molecule has 0 saturated carbocycles. The normalized spacial score (nSPS) is 15.3. The van der Waals surface area contributed by atoms with Crippen molar-refractivity contribution < 1.29 is 32.4 Å². The van der Waals surface area contributed by atoms with E-state index in [1.165, 1.54) is 6.08 Å². The molecule has 0 aromatic carbocycles. The van der Waals surface area contributed by atoms with Gasteiger partial charge in [-0.05, 0) is 6.08 Å². The summed E-state index contributed by atoms with van der Waals surface area (Å²) in [6.45, 7) is 9.27. The average molecular weight is 364 g/mol. The molecule has 1 aromatic heterocycles. The summed E-state index contributed by atoms with van der Waals surface area (Å²) in [4.78, 5) is 28.6. The number of carbonyl (C=O) groups is 2. The largest absolute Gasteiger partial charge is 0.490 e. The van der Waals surface area contributed by atoms with E-state index in [-0.39, 0.29) is 5.91 Å². The van der Waals surface area contributed by atoms with E-state index in [1.807, 2.05) is 6.92 Å². The van der Waals surface area contributed by atoms with Crippen molar-refractivity contribution in [2.45, 2.75) is 26.1 Å². The number of hydrogen-bond acceptors (Lipinski definition) is 6. The van der Waals surface area contributed by atoms with E-state index in [9.17, 15) is 18.0 Å². The first kappa shape index (κ1) is 20.6. The zero-order valence-electron chi connectivity index (χ0n) is 13.6. The van der Waals surface area contributed by atoms with Crippen molar-refractivity contribution in [2.75, 3.05) is 26.2 Å². The second-order valence-corrected chi connectivity index (χ2v) is 5.07. The van der Waals surface area contributed by atoms with Crippen LogP contribution in [0.4, 0.5) is 13.2 Å². The Hall–Kier alpha value is -2.43. The molecule has 0 aliphatic carbocycles. The summed E-state index contributed by atoms with van der Waals surface area (Å²) in [5.41, 5.74) is 0. The van der Waals surface area contributed by atoms with Gasteiger partial charge in [0.15, 0.2) is 5.82 Å². The molecule has 25 heavy (non-hydrogen) atoms. The summed E-state index contributed by atoms with van der Waals surface area (Å²) in [5.74, 6) is -1.37. The number of hydrogen-bond donors (Lipinski definition) is 1. The molecule has 11 heteroatoms. The van der Waals surface area contributed by atoms with Gasteiger partial charge in [-0.2, -0.15) is 18.2 Å². The lowest BCUT2D eigenvalue weighted by Gasteiger charge is -2.33. The number of aliphatic carboxylic acids is 1. The van der Waals surface area contributed by atoms with Crippen LogP contribution in [0.1, 0.15) is 18.6 Å². The first-order valence-electron chi connectivity index (χ1n) is 7.42. The van der Waals surface area contributed by atoms with Crippen LogP contribution < -0.4 is 0 Å². The van der Waals surface area contributed by atoms with Crippen LogP contribution in [0.25, 0.3) is 0 Å². The standard InChI is InChI=1S/C12H18N4O2.C2HF3O2/c1-3-11-13-10(14-18-11)9-15-5-7-16(8-6-15)12(17)4-2;3-2(4,5)1(6)7/h4H,2-3,5-9H2,1H3;(H,6,7). The Balaban J connectivity index is 0.000000381. The Morgan fingerprint density at radius 3 is 2.28 bits per heavy atom. The molecule has 1 aliphatic heterocycles. The number of alkyl halides is 3. The maximum Gasteiger partial charge on any atom is 0.490 e. The van der Waals surface area contributed by atoms with Gasteiger partial charge in [0.25, 0.3) is 0 Å². The highest BCUT2D eigenvalue weighted by Gasteiger charge is 2.38. The molecular weight excluding hydrogens is 345 g/mol. The number of halogens is 3. The predicted octanol–water partition coefficient (Wildman–Crippen LogP) is 1.10. The van der Waals surface area contributed by atoms with Gasteiger partial charge in [-0.25, -0.2) is 4.79 Å². The van der Waals surface area contributed by atoms with E-state index >= 15 is 0 Å². The lowest BCUT2D eigenvalue weighted by Crippen LogP contribution is -2.47. The molecule has 8 nitrogen and oxygen atoms in total. The highest BCUT2D eigenvalue weighted by atomic mass is 19.4. The Morgan fingerprint density at radius 2 is 1.88 bits per heavy atom. The molecule has 140 valence electrons. The van der Waals surface area contributed by atoms with E-state index in [0.29, 0.717) is 12.4 Å². The van der Waals surface area contributed by atoms with Crippen molar-refractivity contribution >= 4 is 11.9 Å². The Kier molecular flexibility index (Phi) is 7.55. The second kappa shape index (κ2) is 9.16. The van der Waals surface area contributed by atoms with Crippen LogP contribution in [-0.4, -0.2) is 69.3 Å². The number of carboxylic acids is 1. The zero-order valence-corrected chi connectivity index (χ0v) is 13.6. The van der Waals surface area contributed by atoms with Crippen molar-refractivity contribution in [1.29, 1.82) is 0 Å². The number of nitrogens with zero attached hydrogens (tertiary/aromatic N) is 4. The summed E-state index contributed by atoms with van der Waals surface area (Å²) in [5, 5.41) is 11.1. The quantitative estimate of drug-likeness (QED) is 0.799. The molecule has 2 heterocycles. The first-order valence-corrected chi connectivity index (χ1v) is 7.42. The van der Waals surface area contributed by atoms with Gasteiger partial charge in [0, 0.05) is 32.6 Å². The van der Waals surface area contributed by atoms with Gasteiger partial charge in [-0.15, -0.1) is 0 Å².